The molecule has 1 fully saturated rings. The molecule has 1 heteroatoms. The van der Waals surface area contributed by atoms with Crippen molar-refractivity contribution in [1.29, 1.82) is 0 Å². The van der Waals surface area contributed by atoms with Gasteiger partial charge in [-0.3, -0.25) is 0 Å². The van der Waals surface area contributed by atoms with Crippen LogP contribution in [0, 0.1) is 11.3 Å². The fourth-order valence-electron chi connectivity index (χ4n) is 2.40. The molecule has 0 heterocycles. The van der Waals surface area contributed by atoms with Crippen LogP contribution in [-0.2, 0) is 0 Å². The summed E-state index contributed by atoms with van der Waals surface area (Å²) in [6.45, 7) is 4.63. The molecule has 0 spiro atoms. The Hall–Kier alpha value is 0.290. The van der Waals surface area contributed by atoms with Gasteiger partial charge in [0.2, 0.25) is 0 Å². The van der Waals surface area contributed by atoms with Crippen molar-refractivity contribution in [3.63, 3.8) is 0 Å². The molecule has 0 N–H and O–H groups in total. The van der Waals surface area contributed by atoms with Gasteiger partial charge in [-0.15, -0.1) is 11.6 Å². The van der Waals surface area contributed by atoms with Gasteiger partial charge in [-0.2, -0.15) is 0 Å². The van der Waals surface area contributed by atoms with Crippen molar-refractivity contribution in [2.45, 2.75) is 52.4 Å². The summed E-state index contributed by atoms with van der Waals surface area (Å²) < 4.78 is 0. The Morgan fingerprint density at radius 3 is 2.33 bits per heavy atom. The average molecular weight is 189 g/mol. The van der Waals surface area contributed by atoms with Crippen LogP contribution in [0.25, 0.3) is 0 Å². The first-order valence-corrected chi connectivity index (χ1v) is 5.82. The highest BCUT2D eigenvalue weighted by atomic mass is 35.5. The average Bonchev–Trinajstić information content (AvgIpc) is 2.54. The maximum absolute atomic E-state index is 6.07. The summed E-state index contributed by atoms with van der Waals surface area (Å²) in [5, 5.41) is 0. The van der Waals surface area contributed by atoms with Crippen molar-refractivity contribution in [3.8, 4) is 0 Å². The summed E-state index contributed by atoms with van der Waals surface area (Å²) in [5.74, 6) is 1.75. The van der Waals surface area contributed by atoms with E-state index >= 15 is 0 Å². The second kappa shape index (κ2) is 4.50. The molecule has 0 aromatic heterocycles. The maximum atomic E-state index is 6.07. The monoisotopic (exact) mass is 188 g/mol. The third kappa shape index (κ3) is 2.39. The standard InChI is InChI=1S/C11H21Cl/c1-3-10(2)8-11(9-12)6-4-5-7-11/h10H,3-9H2,1-2H3. The molecule has 0 amide bonds. The lowest BCUT2D eigenvalue weighted by Gasteiger charge is -2.29. The van der Waals surface area contributed by atoms with Gasteiger partial charge in [0.15, 0.2) is 0 Å². The Morgan fingerprint density at radius 1 is 1.33 bits per heavy atom. The molecule has 0 nitrogen and oxygen atoms in total. The predicted molar refractivity (Wildman–Crippen MR) is 55.7 cm³/mol. The summed E-state index contributed by atoms with van der Waals surface area (Å²) in [6.07, 6.45) is 8.22. The molecule has 0 aromatic carbocycles. The lowest BCUT2D eigenvalue weighted by atomic mass is 9.79. The highest BCUT2D eigenvalue weighted by Gasteiger charge is 2.33. The van der Waals surface area contributed by atoms with Crippen molar-refractivity contribution in [2.75, 3.05) is 5.88 Å². The second-order valence-electron chi connectivity index (χ2n) is 4.56. The van der Waals surface area contributed by atoms with Gasteiger partial charge in [0.1, 0.15) is 0 Å². The zero-order chi connectivity index (χ0) is 9.03. The summed E-state index contributed by atoms with van der Waals surface area (Å²) >= 11 is 6.07. The van der Waals surface area contributed by atoms with E-state index in [1.54, 1.807) is 0 Å². The minimum absolute atomic E-state index is 0.525. The Kier molecular flexibility index (Phi) is 3.89. The van der Waals surface area contributed by atoms with E-state index in [2.05, 4.69) is 13.8 Å². The van der Waals surface area contributed by atoms with Crippen LogP contribution in [0.2, 0.25) is 0 Å². The zero-order valence-electron chi connectivity index (χ0n) is 8.41. The van der Waals surface area contributed by atoms with E-state index in [0.717, 1.165) is 11.8 Å². The molecule has 1 unspecified atom stereocenters. The van der Waals surface area contributed by atoms with Crippen LogP contribution in [0.1, 0.15) is 52.4 Å². The van der Waals surface area contributed by atoms with Crippen LogP contribution in [-0.4, -0.2) is 5.88 Å². The first kappa shape index (κ1) is 10.4. The molecule has 0 radical (unpaired) electrons. The molecular formula is C11H21Cl. The third-order valence-corrected chi connectivity index (χ3v) is 3.99. The van der Waals surface area contributed by atoms with Crippen molar-refractivity contribution >= 4 is 11.6 Å². The van der Waals surface area contributed by atoms with E-state index in [-0.39, 0.29) is 0 Å². The van der Waals surface area contributed by atoms with E-state index < -0.39 is 0 Å². The smallest absolute Gasteiger partial charge is 0.0280 e. The molecule has 12 heavy (non-hydrogen) atoms. The predicted octanol–water partition coefficient (Wildman–Crippen LogP) is 4.22. The molecule has 72 valence electrons. The number of rotatable bonds is 4. The molecule has 1 aliphatic rings. The third-order valence-electron chi connectivity index (χ3n) is 3.43. The lowest BCUT2D eigenvalue weighted by molar-refractivity contribution is 0.257. The van der Waals surface area contributed by atoms with Crippen LogP contribution in [0.15, 0.2) is 0 Å². The highest BCUT2D eigenvalue weighted by Crippen LogP contribution is 2.44. The van der Waals surface area contributed by atoms with Crippen molar-refractivity contribution in [2.24, 2.45) is 11.3 Å². The summed E-state index contributed by atoms with van der Waals surface area (Å²) in [7, 11) is 0. The molecule has 1 saturated carbocycles. The van der Waals surface area contributed by atoms with Crippen LogP contribution >= 0.6 is 11.6 Å². The molecule has 0 aliphatic heterocycles. The number of hydrogen-bond donors (Lipinski definition) is 0. The van der Waals surface area contributed by atoms with Crippen LogP contribution in [0.3, 0.4) is 0 Å². The molecule has 0 saturated heterocycles. The topological polar surface area (TPSA) is 0 Å². The largest absolute Gasteiger partial charge is 0.126 e. The molecule has 0 aromatic rings. The SMILES string of the molecule is CCC(C)CC1(CCl)CCCC1. The van der Waals surface area contributed by atoms with Gasteiger partial charge >= 0.3 is 0 Å². The maximum Gasteiger partial charge on any atom is 0.0280 e. The quantitative estimate of drug-likeness (QED) is 0.580. The van der Waals surface area contributed by atoms with Gasteiger partial charge in [-0.25, -0.2) is 0 Å². The van der Waals surface area contributed by atoms with Gasteiger partial charge in [-0.05, 0) is 30.6 Å². The first-order chi connectivity index (χ1) is 5.72. The number of halogens is 1. The summed E-state index contributed by atoms with van der Waals surface area (Å²) in [4.78, 5) is 0. The van der Waals surface area contributed by atoms with Crippen molar-refractivity contribution in [3.05, 3.63) is 0 Å². The summed E-state index contributed by atoms with van der Waals surface area (Å²) in [6, 6.07) is 0. The zero-order valence-corrected chi connectivity index (χ0v) is 9.16. The van der Waals surface area contributed by atoms with E-state index in [1.165, 1.54) is 38.5 Å². The summed E-state index contributed by atoms with van der Waals surface area (Å²) in [5.41, 5.74) is 0.525. The second-order valence-corrected chi connectivity index (χ2v) is 4.83. The van der Waals surface area contributed by atoms with Gasteiger partial charge in [-0.1, -0.05) is 33.1 Å². The number of hydrogen-bond acceptors (Lipinski definition) is 0. The fraction of sp³-hybridized carbons (Fsp3) is 1.00. The molecular weight excluding hydrogens is 168 g/mol. The normalized spacial score (nSPS) is 24.2. The van der Waals surface area contributed by atoms with E-state index in [9.17, 15) is 0 Å². The van der Waals surface area contributed by atoms with Gasteiger partial charge < -0.3 is 0 Å². The highest BCUT2D eigenvalue weighted by molar-refractivity contribution is 6.18. The minimum Gasteiger partial charge on any atom is -0.126 e. The molecule has 1 rings (SSSR count). The van der Waals surface area contributed by atoms with Gasteiger partial charge in [0.05, 0.1) is 0 Å². The van der Waals surface area contributed by atoms with Crippen LogP contribution < -0.4 is 0 Å². The van der Waals surface area contributed by atoms with Crippen LogP contribution in [0.4, 0.5) is 0 Å². The van der Waals surface area contributed by atoms with Gasteiger partial charge in [0.25, 0.3) is 0 Å². The van der Waals surface area contributed by atoms with Gasteiger partial charge in [0, 0.05) is 5.88 Å². The Labute approximate surface area is 81.7 Å². The molecule has 0 bridgehead atoms. The Balaban J connectivity index is 2.43. The van der Waals surface area contributed by atoms with E-state index in [1.807, 2.05) is 0 Å². The Bertz CT molecular complexity index is 125. The van der Waals surface area contributed by atoms with E-state index in [0.29, 0.717) is 5.41 Å². The molecule has 1 aliphatic carbocycles. The Morgan fingerprint density at radius 2 is 1.92 bits per heavy atom. The van der Waals surface area contributed by atoms with Crippen molar-refractivity contribution < 1.29 is 0 Å². The van der Waals surface area contributed by atoms with E-state index in [4.69, 9.17) is 11.6 Å². The number of alkyl halides is 1. The van der Waals surface area contributed by atoms with Crippen LogP contribution in [0.5, 0.6) is 0 Å². The first-order valence-electron chi connectivity index (χ1n) is 5.28. The lowest BCUT2D eigenvalue weighted by Crippen LogP contribution is -2.21. The van der Waals surface area contributed by atoms with Crippen molar-refractivity contribution in [1.82, 2.24) is 0 Å². The minimum atomic E-state index is 0.525. The fourth-order valence-corrected chi connectivity index (χ4v) is 2.78. The molecule has 1 atom stereocenters.